The van der Waals surface area contributed by atoms with Crippen LogP contribution in [0.3, 0.4) is 0 Å². The Bertz CT molecular complexity index is 1010. The summed E-state index contributed by atoms with van der Waals surface area (Å²) in [5, 5.41) is 2.71. The third-order valence-electron chi connectivity index (χ3n) is 4.21. The monoisotopic (exact) mass is 410 g/mol. The average molecular weight is 410 g/mol. The fraction of sp³-hybridized carbons (Fsp3) is 0.136. The number of amides is 1. The third-order valence-corrected chi connectivity index (χ3v) is 4.98. The molecule has 1 amide bonds. The van der Waals surface area contributed by atoms with Crippen LogP contribution < -0.4 is 14.4 Å². The Morgan fingerprint density at radius 3 is 2.21 bits per heavy atom. The van der Waals surface area contributed by atoms with E-state index in [-0.39, 0.29) is 6.54 Å². The Morgan fingerprint density at radius 1 is 0.931 bits per heavy atom. The summed E-state index contributed by atoms with van der Waals surface area (Å²) in [6.45, 7) is 2.06. The van der Waals surface area contributed by atoms with Gasteiger partial charge in [0.05, 0.1) is 5.69 Å². The highest BCUT2D eigenvalue weighted by Crippen LogP contribution is 2.18. The van der Waals surface area contributed by atoms with E-state index in [1.54, 1.807) is 48.5 Å². The van der Waals surface area contributed by atoms with Crippen LogP contribution in [0, 0.1) is 6.92 Å². The molecular weight excluding hydrogens is 388 g/mol. The van der Waals surface area contributed by atoms with E-state index in [1.807, 2.05) is 37.3 Å². The van der Waals surface area contributed by atoms with Crippen molar-refractivity contribution in [3.05, 3.63) is 90.0 Å². The Labute approximate surface area is 171 Å². The smallest absolute Gasteiger partial charge is 0.245 e. The number of thiol groups is 1. The number of carbonyl (C=O) groups is 1. The van der Waals surface area contributed by atoms with Gasteiger partial charge in [-0.25, -0.2) is 8.42 Å². The lowest BCUT2D eigenvalue weighted by atomic mass is 10.2. The van der Waals surface area contributed by atoms with Crippen molar-refractivity contribution in [2.75, 3.05) is 16.2 Å². The first kappa shape index (κ1) is 20.4. The molecular formula is C22H22N2O4S. The van der Waals surface area contributed by atoms with Crippen LogP contribution in [0.5, 0.6) is 5.75 Å². The normalized spacial score (nSPS) is 10.6. The summed E-state index contributed by atoms with van der Waals surface area (Å²) in [5.41, 5.74) is 3.08. The van der Waals surface area contributed by atoms with E-state index < -0.39 is 16.8 Å². The summed E-state index contributed by atoms with van der Waals surface area (Å²) in [7, 11) is -2.94. The van der Waals surface area contributed by atoms with Gasteiger partial charge in [0.1, 0.15) is 18.9 Å². The molecule has 0 aliphatic heterocycles. The largest absolute Gasteiger partial charge is 0.489 e. The summed E-state index contributed by atoms with van der Waals surface area (Å²) in [4.78, 5) is 12.3. The van der Waals surface area contributed by atoms with Crippen molar-refractivity contribution >= 4 is 28.2 Å². The molecule has 3 aromatic carbocycles. The first-order valence-electron chi connectivity index (χ1n) is 9.06. The van der Waals surface area contributed by atoms with E-state index in [1.165, 1.54) is 0 Å². The maximum absolute atomic E-state index is 12.3. The minimum Gasteiger partial charge on any atom is -0.489 e. The number of hydrogen-bond donors (Lipinski definition) is 2. The summed E-state index contributed by atoms with van der Waals surface area (Å²) in [5.74, 6) is 0.249. The first-order valence-corrected chi connectivity index (χ1v) is 10.2. The minimum atomic E-state index is -2.94. The molecule has 0 saturated carbocycles. The summed E-state index contributed by atoms with van der Waals surface area (Å²) in [6.07, 6.45) is 0. The van der Waals surface area contributed by atoms with Crippen LogP contribution in [0.2, 0.25) is 0 Å². The average Bonchev–Trinajstić information content (AvgIpc) is 2.73. The molecule has 1 N–H and O–H groups in total. The maximum Gasteiger partial charge on any atom is 0.245 e. The number of anilines is 2. The molecule has 150 valence electrons. The predicted molar refractivity (Wildman–Crippen MR) is 115 cm³/mol. The molecule has 0 aliphatic carbocycles. The van der Waals surface area contributed by atoms with Crippen LogP contribution in [-0.4, -0.2) is 20.9 Å². The number of benzene rings is 3. The van der Waals surface area contributed by atoms with Crippen molar-refractivity contribution < 1.29 is 17.9 Å². The van der Waals surface area contributed by atoms with E-state index >= 15 is 0 Å². The molecule has 7 heteroatoms. The predicted octanol–water partition coefficient (Wildman–Crippen LogP) is 3.55. The van der Waals surface area contributed by atoms with Crippen molar-refractivity contribution in [2.45, 2.75) is 13.5 Å². The topological polar surface area (TPSA) is 75.7 Å². The van der Waals surface area contributed by atoms with Gasteiger partial charge < -0.3 is 10.1 Å². The highest BCUT2D eigenvalue weighted by atomic mass is 32.2. The Hall–Kier alpha value is -3.32. The van der Waals surface area contributed by atoms with Gasteiger partial charge in [-0.1, -0.05) is 48.0 Å². The van der Waals surface area contributed by atoms with E-state index in [4.69, 9.17) is 4.74 Å². The SMILES string of the molecule is Cc1ccc(N(CC(=O)Nc2ccc(OCc3ccccc3)cc2)[SH](=O)=O)cc1. The highest BCUT2D eigenvalue weighted by molar-refractivity contribution is 7.74. The van der Waals surface area contributed by atoms with Crippen molar-refractivity contribution in [3.63, 3.8) is 0 Å². The maximum atomic E-state index is 12.3. The quantitative estimate of drug-likeness (QED) is 0.557. The molecule has 0 bridgehead atoms. The second-order valence-corrected chi connectivity index (χ2v) is 7.44. The molecule has 0 saturated heterocycles. The molecule has 0 spiro atoms. The zero-order chi connectivity index (χ0) is 20.6. The molecule has 0 unspecified atom stereocenters. The summed E-state index contributed by atoms with van der Waals surface area (Å²) < 4.78 is 29.9. The summed E-state index contributed by atoms with van der Waals surface area (Å²) in [6, 6.07) is 23.7. The molecule has 6 nitrogen and oxygen atoms in total. The minimum absolute atomic E-state index is 0.298. The fourth-order valence-electron chi connectivity index (χ4n) is 2.67. The highest BCUT2D eigenvalue weighted by Gasteiger charge is 2.14. The molecule has 0 heterocycles. The molecule has 0 fully saturated rings. The number of aryl methyl sites for hydroxylation is 1. The van der Waals surface area contributed by atoms with Gasteiger partial charge in [-0.3, -0.25) is 9.10 Å². The van der Waals surface area contributed by atoms with E-state index in [0.29, 0.717) is 23.7 Å². The Morgan fingerprint density at radius 2 is 1.59 bits per heavy atom. The van der Waals surface area contributed by atoms with E-state index in [2.05, 4.69) is 5.32 Å². The molecule has 3 rings (SSSR count). The molecule has 3 aromatic rings. The van der Waals surface area contributed by atoms with Gasteiger partial charge in [-0.2, -0.15) is 0 Å². The lowest BCUT2D eigenvalue weighted by Gasteiger charge is -2.17. The van der Waals surface area contributed by atoms with Crippen LogP contribution in [0.25, 0.3) is 0 Å². The lowest BCUT2D eigenvalue weighted by Crippen LogP contribution is -2.32. The van der Waals surface area contributed by atoms with Gasteiger partial charge in [0, 0.05) is 5.69 Å². The summed E-state index contributed by atoms with van der Waals surface area (Å²) >= 11 is 0. The van der Waals surface area contributed by atoms with Crippen LogP contribution in [0.15, 0.2) is 78.9 Å². The van der Waals surface area contributed by atoms with E-state index in [9.17, 15) is 13.2 Å². The fourth-order valence-corrected chi connectivity index (χ4v) is 3.24. The van der Waals surface area contributed by atoms with Gasteiger partial charge in [0.2, 0.25) is 16.8 Å². The van der Waals surface area contributed by atoms with Crippen molar-refractivity contribution in [2.24, 2.45) is 0 Å². The molecule has 0 aromatic heterocycles. The van der Waals surface area contributed by atoms with Gasteiger partial charge in [-0.15, -0.1) is 0 Å². The van der Waals surface area contributed by atoms with Crippen molar-refractivity contribution in [1.82, 2.24) is 0 Å². The zero-order valence-corrected chi connectivity index (χ0v) is 16.8. The van der Waals surface area contributed by atoms with Crippen molar-refractivity contribution in [3.8, 4) is 5.75 Å². The Balaban J connectivity index is 1.57. The van der Waals surface area contributed by atoms with Crippen LogP contribution in [0.4, 0.5) is 11.4 Å². The van der Waals surface area contributed by atoms with Gasteiger partial charge >= 0.3 is 0 Å². The van der Waals surface area contributed by atoms with Gasteiger partial charge in [0.15, 0.2) is 0 Å². The number of ether oxygens (including phenoxy) is 1. The number of nitrogens with one attached hydrogen (secondary N) is 1. The van der Waals surface area contributed by atoms with Gasteiger partial charge in [0.25, 0.3) is 0 Å². The second kappa shape index (κ2) is 9.75. The van der Waals surface area contributed by atoms with E-state index in [0.717, 1.165) is 15.4 Å². The molecule has 0 aliphatic rings. The molecule has 29 heavy (non-hydrogen) atoms. The van der Waals surface area contributed by atoms with Gasteiger partial charge in [-0.05, 0) is 48.9 Å². The molecule has 0 atom stereocenters. The third kappa shape index (κ3) is 6.08. The van der Waals surface area contributed by atoms with Crippen molar-refractivity contribution in [1.29, 1.82) is 0 Å². The van der Waals surface area contributed by atoms with Crippen LogP contribution in [-0.2, 0) is 22.3 Å². The number of nitrogens with zero attached hydrogens (tertiary/aromatic N) is 1. The first-order chi connectivity index (χ1) is 14.0. The lowest BCUT2D eigenvalue weighted by molar-refractivity contribution is -0.114. The number of rotatable bonds is 8. The number of carbonyl (C=O) groups excluding carboxylic acids is 1. The standard InChI is InChI=1S/C22H22N2O4S/c1-17-7-11-20(12-8-17)24(29(26)27)15-22(25)23-19-9-13-21(14-10-19)28-16-18-5-3-2-4-6-18/h2-14,29H,15-16H2,1H3,(H,23,25). The second-order valence-electron chi connectivity index (χ2n) is 6.48. The number of hydrogen-bond acceptors (Lipinski definition) is 4. The van der Waals surface area contributed by atoms with Crippen LogP contribution in [0.1, 0.15) is 11.1 Å². The zero-order valence-electron chi connectivity index (χ0n) is 15.9. The molecule has 0 radical (unpaired) electrons. The van der Waals surface area contributed by atoms with Crippen LogP contribution >= 0.6 is 0 Å². The Kier molecular flexibility index (Phi) is 6.86.